The molecule has 0 aliphatic rings. The number of para-hydroxylation sites is 1. The van der Waals surface area contributed by atoms with Gasteiger partial charge >= 0.3 is 5.63 Å². The smallest absolute Gasteiger partial charge is 0.346 e. The first-order chi connectivity index (χ1) is 10.2. The van der Waals surface area contributed by atoms with E-state index in [9.17, 15) is 4.79 Å². The summed E-state index contributed by atoms with van der Waals surface area (Å²) in [7, 11) is 0. The van der Waals surface area contributed by atoms with Crippen molar-refractivity contribution >= 4 is 32.5 Å². The number of nitrogens with zero attached hydrogens (tertiary/aromatic N) is 1. The van der Waals surface area contributed by atoms with Crippen molar-refractivity contribution in [2.45, 2.75) is 6.92 Å². The highest BCUT2D eigenvalue weighted by Gasteiger charge is 2.12. The average molecular weight is 293 g/mol. The Kier molecular flexibility index (Phi) is 2.65. The van der Waals surface area contributed by atoms with Crippen LogP contribution >= 0.6 is 11.3 Å². The van der Waals surface area contributed by atoms with Crippen molar-refractivity contribution in [3.8, 4) is 10.6 Å². The van der Waals surface area contributed by atoms with Crippen LogP contribution in [0.25, 0.3) is 31.8 Å². The van der Waals surface area contributed by atoms with Crippen LogP contribution in [0.1, 0.15) is 5.56 Å². The van der Waals surface area contributed by atoms with Crippen molar-refractivity contribution in [1.82, 2.24) is 4.98 Å². The summed E-state index contributed by atoms with van der Waals surface area (Å²) >= 11 is 1.51. The Bertz CT molecular complexity index is 997. The molecule has 4 heteroatoms. The fraction of sp³-hybridized carbons (Fsp3) is 0.0588. The summed E-state index contributed by atoms with van der Waals surface area (Å²) in [6.07, 6.45) is 0. The zero-order valence-corrected chi connectivity index (χ0v) is 12.1. The summed E-state index contributed by atoms with van der Waals surface area (Å²) in [4.78, 5) is 16.7. The van der Waals surface area contributed by atoms with Gasteiger partial charge in [-0.05, 0) is 37.3 Å². The third kappa shape index (κ3) is 2.04. The van der Waals surface area contributed by atoms with Crippen LogP contribution in [-0.4, -0.2) is 4.98 Å². The molecule has 0 fully saturated rings. The van der Waals surface area contributed by atoms with Crippen LogP contribution in [-0.2, 0) is 0 Å². The SMILES string of the molecule is Cc1ccc2oc(=O)c(-c3nc4ccccc4s3)cc2c1. The summed E-state index contributed by atoms with van der Waals surface area (Å²) in [5.74, 6) is 0. The van der Waals surface area contributed by atoms with Crippen LogP contribution in [0.4, 0.5) is 0 Å². The number of hydrogen-bond acceptors (Lipinski definition) is 4. The summed E-state index contributed by atoms with van der Waals surface area (Å²) in [5, 5.41) is 1.62. The maximum absolute atomic E-state index is 12.2. The number of aromatic nitrogens is 1. The highest BCUT2D eigenvalue weighted by atomic mass is 32.1. The Morgan fingerprint density at radius 2 is 1.95 bits per heavy atom. The van der Waals surface area contributed by atoms with E-state index in [1.807, 2.05) is 55.5 Å². The van der Waals surface area contributed by atoms with Crippen LogP contribution < -0.4 is 5.63 Å². The van der Waals surface area contributed by atoms with E-state index in [0.717, 1.165) is 21.2 Å². The van der Waals surface area contributed by atoms with Gasteiger partial charge in [-0.25, -0.2) is 9.78 Å². The van der Waals surface area contributed by atoms with Crippen LogP contribution in [0.3, 0.4) is 0 Å². The molecule has 4 aromatic rings. The minimum absolute atomic E-state index is 0.342. The van der Waals surface area contributed by atoms with E-state index in [0.29, 0.717) is 16.2 Å². The van der Waals surface area contributed by atoms with E-state index in [1.54, 1.807) is 0 Å². The minimum atomic E-state index is -0.342. The first kappa shape index (κ1) is 12.3. The fourth-order valence-electron chi connectivity index (χ4n) is 2.38. The topological polar surface area (TPSA) is 43.1 Å². The Balaban J connectivity index is 2.00. The van der Waals surface area contributed by atoms with E-state index in [2.05, 4.69) is 4.98 Å². The van der Waals surface area contributed by atoms with E-state index in [-0.39, 0.29) is 5.63 Å². The standard InChI is InChI=1S/C17H11NO2S/c1-10-6-7-14-11(8-10)9-12(17(19)20-14)16-18-13-4-2-3-5-15(13)21-16/h2-9H,1H3. The molecule has 102 valence electrons. The van der Waals surface area contributed by atoms with E-state index in [4.69, 9.17) is 4.42 Å². The molecular weight excluding hydrogens is 282 g/mol. The van der Waals surface area contributed by atoms with E-state index >= 15 is 0 Å². The van der Waals surface area contributed by atoms with Gasteiger partial charge in [0, 0.05) is 5.39 Å². The first-order valence-electron chi connectivity index (χ1n) is 6.61. The third-order valence-corrected chi connectivity index (χ3v) is 4.48. The number of aryl methyl sites for hydroxylation is 1. The zero-order valence-electron chi connectivity index (χ0n) is 11.3. The summed E-state index contributed by atoms with van der Waals surface area (Å²) in [6.45, 7) is 2.02. The highest BCUT2D eigenvalue weighted by molar-refractivity contribution is 7.21. The number of thiazole rings is 1. The van der Waals surface area contributed by atoms with Crippen LogP contribution in [0, 0.1) is 6.92 Å². The molecule has 0 N–H and O–H groups in total. The van der Waals surface area contributed by atoms with Gasteiger partial charge in [0.05, 0.1) is 15.8 Å². The monoisotopic (exact) mass is 293 g/mol. The molecule has 0 amide bonds. The Hall–Kier alpha value is -2.46. The van der Waals surface area contributed by atoms with Gasteiger partial charge < -0.3 is 4.42 Å². The average Bonchev–Trinajstić information content (AvgIpc) is 2.90. The molecule has 21 heavy (non-hydrogen) atoms. The molecule has 2 aromatic heterocycles. The number of hydrogen-bond donors (Lipinski definition) is 0. The second kappa shape index (κ2) is 4.53. The molecular formula is C17H11NO2S. The Morgan fingerprint density at radius 3 is 2.81 bits per heavy atom. The lowest BCUT2D eigenvalue weighted by Crippen LogP contribution is -2.02. The van der Waals surface area contributed by atoms with Gasteiger partial charge in [-0.15, -0.1) is 11.3 Å². The quantitative estimate of drug-likeness (QED) is 0.489. The number of rotatable bonds is 1. The molecule has 2 aromatic carbocycles. The fourth-order valence-corrected chi connectivity index (χ4v) is 3.35. The van der Waals surface area contributed by atoms with Crippen LogP contribution in [0.2, 0.25) is 0 Å². The molecule has 0 atom stereocenters. The molecule has 0 radical (unpaired) electrons. The second-order valence-corrected chi connectivity index (χ2v) is 6.01. The Morgan fingerprint density at radius 1 is 1.10 bits per heavy atom. The predicted molar refractivity (Wildman–Crippen MR) is 85.8 cm³/mol. The first-order valence-corrected chi connectivity index (χ1v) is 7.43. The van der Waals surface area contributed by atoms with Crippen molar-refractivity contribution < 1.29 is 4.42 Å². The summed E-state index contributed by atoms with van der Waals surface area (Å²) in [5.41, 5.74) is 2.82. The molecule has 0 aliphatic carbocycles. The van der Waals surface area contributed by atoms with Crippen molar-refractivity contribution in [2.75, 3.05) is 0 Å². The van der Waals surface area contributed by atoms with E-state index < -0.39 is 0 Å². The van der Waals surface area contributed by atoms with Crippen molar-refractivity contribution in [3.63, 3.8) is 0 Å². The lowest BCUT2D eigenvalue weighted by molar-refractivity contribution is 0.563. The largest absolute Gasteiger partial charge is 0.422 e. The van der Waals surface area contributed by atoms with Gasteiger partial charge in [-0.3, -0.25) is 0 Å². The second-order valence-electron chi connectivity index (χ2n) is 4.98. The highest BCUT2D eigenvalue weighted by Crippen LogP contribution is 2.29. The van der Waals surface area contributed by atoms with Crippen LogP contribution in [0.5, 0.6) is 0 Å². The molecule has 0 aliphatic heterocycles. The van der Waals surface area contributed by atoms with Gasteiger partial charge in [0.15, 0.2) is 0 Å². The van der Waals surface area contributed by atoms with Crippen molar-refractivity contribution in [2.24, 2.45) is 0 Å². The van der Waals surface area contributed by atoms with Gasteiger partial charge in [-0.1, -0.05) is 23.8 Å². The maximum Gasteiger partial charge on any atom is 0.346 e. The van der Waals surface area contributed by atoms with Crippen molar-refractivity contribution in [3.05, 3.63) is 64.5 Å². The van der Waals surface area contributed by atoms with E-state index in [1.165, 1.54) is 11.3 Å². The molecule has 0 saturated heterocycles. The molecule has 3 nitrogen and oxygen atoms in total. The molecule has 0 spiro atoms. The normalized spacial score (nSPS) is 11.3. The Labute approximate surface area is 124 Å². The number of fused-ring (bicyclic) bond motifs is 2. The lowest BCUT2D eigenvalue weighted by Gasteiger charge is -2.00. The van der Waals surface area contributed by atoms with Gasteiger partial charge in [0.25, 0.3) is 0 Å². The maximum atomic E-state index is 12.2. The van der Waals surface area contributed by atoms with Gasteiger partial charge in [0.1, 0.15) is 10.6 Å². The minimum Gasteiger partial charge on any atom is -0.422 e. The predicted octanol–water partition coefficient (Wildman–Crippen LogP) is 4.38. The summed E-state index contributed by atoms with van der Waals surface area (Å²) < 4.78 is 6.48. The van der Waals surface area contributed by atoms with Gasteiger partial charge in [-0.2, -0.15) is 0 Å². The summed E-state index contributed by atoms with van der Waals surface area (Å²) in [6, 6.07) is 15.5. The zero-order chi connectivity index (χ0) is 14.4. The van der Waals surface area contributed by atoms with Crippen LogP contribution in [0.15, 0.2) is 57.7 Å². The molecule has 0 saturated carbocycles. The lowest BCUT2D eigenvalue weighted by atomic mass is 10.1. The third-order valence-electron chi connectivity index (χ3n) is 3.41. The molecule has 4 rings (SSSR count). The molecule has 0 bridgehead atoms. The molecule has 0 unspecified atom stereocenters. The molecule has 2 heterocycles. The number of benzene rings is 2. The van der Waals surface area contributed by atoms with Crippen molar-refractivity contribution in [1.29, 1.82) is 0 Å². The van der Waals surface area contributed by atoms with Gasteiger partial charge in [0.2, 0.25) is 0 Å².